The Balaban J connectivity index is 1.18. The van der Waals surface area contributed by atoms with Crippen LogP contribution in [0.4, 0.5) is 5.82 Å². The van der Waals surface area contributed by atoms with Crippen LogP contribution in [-0.2, 0) is 27.8 Å². The molecule has 0 radical (unpaired) electrons. The first kappa shape index (κ1) is 24.6. The molecular formula is C27H34N4O5S. The lowest BCUT2D eigenvalue weighted by atomic mass is 9.49. The van der Waals surface area contributed by atoms with E-state index in [2.05, 4.69) is 15.3 Å². The molecule has 1 N–H and O–H groups in total. The van der Waals surface area contributed by atoms with E-state index in [0.29, 0.717) is 30.1 Å². The van der Waals surface area contributed by atoms with Crippen LogP contribution in [0.5, 0.6) is 11.5 Å². The van der Waals surface area contributed by atoms with Gasteiger partial charge in [0.05, 0.1) is 26.5 Å². The number of ether oxygens (including phenoxy) is 2. The van der Waals surface area contributed by atoms with E-state index in [9.17, 15) is 13.2 Å². The Kier molecular flexibility index (Phi) is 6.14. The molecule has 0 atom stereocenters. The highest BCUT2D eigenvalue weighted by Gasteiger charge is 2.51. The van der Waals surface area contributed by atoms with Crippen molar-refractivity contribution < 1.29 is 22.7 Å². The normalized spacial score (nSPS) is 28.5. The molecule has 4 fully saturated rings. The Morgan fingerprint density at radius 3 is 2.43 bits per heavy atom. The molecular weight excluding hydrogens is 492 g/mol. The Bertz CT molecular complexity index is 1290. The minimum absolute atomic E-state index is 0.0147. The van der Waals surface area contributed by atoms with E-state index >= 15 is 0 Å². The van der Waals surface area contributed by atoms with Crippen LogP contribution in [0, 0.1) is 23.2 Å². The fourth-order valence-corrected chi connectivity index (χ4v) is 9.33. The number of carbonyl (C=O) groups is 1. The lowest BCUT2D eigenvalue weighted by Gasteiger charge is -2.56. The quantitative estimate of drug-likeness (QED) is 0.584. The van der Waals surface area contributed by atoms with Crippen molar-refractivity contribution in [2.24, 2.45) is 23.2 Å². The first-order valence-electron chi connectivity index (χ1n) is 13.1. The van der Waals surface area contributed by atoms with Crippen molar-refractivity contribution in [3.05, 3.63) is 35.8 Å². The van der Waals surface area contributed by atoms with E-state index in [1.165, 1.54) is 69.4 Å². The number of sulfonamides is 1. The summed E-state index contributed by atoms with van der Waals surface area (Å²) in [6, 6.07) is 4.66. The third-order valence-electron chi connectivity index (χ3n) is 8.92. The summed E-state index contributed by atoms with van der Waals surface area (Å²) in [4.78, 5) is 22.0. The van der Waals surface area contributed by atoms with Gasteiger partial charge in [0, 0.05) is 24.6 Å². The summed E-state index contributed by atoms with van der Waals surface area (Å²) in [6.07, 6.45) is 9.95. The fourth-order valence-electron chi connectivity index (χ4n) is 7.79. The summed E-state index contributed by atoms with van der Waals surface area (Å²) in [5.41, 5.74) is 1.57. The van der Waals surface area contributed by atoms with Crippen LogP contribution < -0.4 is 14.8 Å². The largest absolute Gasteiger partial charge is 0.497 e. The van der Waals surface area contributed by atoms with E-state index in [1.54, 1.807) is 12.1 Å². The molecule has 7 rings (SSSR count). The molecule has 1 aliphatic heterocycles. The van der Waals surface area contributed by atoms with Crippen LogP contribution in [0.1, 0.15) is 56.2 Å². The number of amides is 1. The van der Waals surface area contributed by atoms with Crippen LogP contribution >= 0.6 is 0 Å². The Hall–Kier alpha value is -2.72. The molecule has 0 saturated heterocycles. The van der Waals surface area contributed by atoms with Crippen molar-refractivity contribution >= 4 is 21.7 Å². The molecule has 10 heteroatoms. The van der Waals surface area contributed by atoms with Gasteiger partial charge in [-0.25, -0.2) is 18.4 Å². The first-order chi connectivity index (χ1) is 17.8. The third-order valence-corrected chi connectivity index (χ3v) is 10.8. The van der Waals surface area contributed by atoms with E-state index in [4.69, 9.17) is 9.47 Å². The molecule has 1 aromatic heterocycles. The highest BCUT2D eigenvalue weighted by Crippen LogP contribution is 2.61. The number of carbonyl (C=O) groups excluding carboxylic acids is 1. The van der Waals surface area contributed by atoms with Crippen molar-refractivity contribution in [1.29, 1.82) is 0 Å². The number of methoxy groups -OCH3 is 2. The van der Waals surface area contributed by atoms with Gasteiger partial charge in [0.25, 0.3) is 0 Å². The number of aromatic nitrogens is 2. The predicted octanol–water partition coefficient (Wildman–Crippen LogP) is 3.79. The zero-order valence-corrected chi connectivity index (χ0v) is 22.2. The molecule has 4 aliphatic carbocycles. The van der Waals surface area contributed by atoms with Gasteiger partial charge < -0.3 is 14.8 Å². The number of hydrogen-bond acceptors (Lipinski definition) is 7. The fraction of sp³-hybridized carbons (Fsp3) is 0.593. The summed E-state index contributed by atoms with van der Waals surface area (Å²) in [7, 11) is -0.881. The Morgan fingerprint density at radius 2 is 1.78 bits per heavy atom. The van der Waals surface area contributed by atoms with Crippen molar-refractivity contribution in [2.45, 2.75) is 62.8 Å². The summed E-state index contributed by atoms with van der Waals surface area (Å²) >= 11 is 0. The van der Waals surface area contributed by atoms with Gasteiger partial charge in [-0.05, 0) is 80.2 Å². The summed E-state index contributed by atoms with van der Waals surface area (Å²) in [5, 5.41) is 3.07. The van der Waals surface area contributed by atoms with Crippen LogP contribution in [-0.4, -0.2) is 49.4 Å². The van der Waals surface area contributed by atoms with Crippen molar-refractivity contribution in [3.8, 4) is 11.5 Å². The molecule has 0 spiro atoms. The number of anilines is 1. The van der Waals surface area contributed by atoms with E-state index in [1.807, 2.05) is 0 Å². The molecule has 1 aromatic carbocycles. The molecule has 9 nitrogen and oxygen atoms in total. The zero-order chi connectivity index (χ0) is 25.8. The summed E-state index contributed by atoms with van der Waals surface area (Å²) in [5.74, 6) is 3.65. The monoisotopic (exact) mass is 526 g/mol. The molecule has 37 heavy (non-hydrogen) atoms. The van der Waals surface area contributed by atoms with Crippen LogP contribution in [0.2, 0.25) is 0 Å². The van der Waals surface area contributed by atoms with E-state index in [-0.39, 0.29) is 35.1 Å². The van der Waals surface area contributed by atoms with Crippen LogP contribution in [0.25, 0.3) is 0 Å². The SMILES string of the molecule is COc1ccc(S(=O)(=O)N2CCc3c(ncnc3NC(=O)CC34CC5CC(CC(C5)C3)C4)C2)c(OC)c1. The van der Waals surface area contributed by atoms with Gasteiger partial charge >= 0.3 is 0 Å². The Morgan fingerprint density at radius 1 is 1.08 bits per heavy atom. The molecule has 4 saturated carbocycles. The molecule has 198 valence electrons. The summed E-state index contributed by atoms with van der Waals surface area (Å²) in [6.45, 7) is 0.364. The van der Waals surface area contributed by atoms with Crippen LogP contribution in [0.3, 0.4) is 0 Å². The molecule has 1 amide bonds. The maximum atomic E-state index is 13.5. The number of nitrogens with one attached hydrogen (secondary N) is 1. The molecule has 0 unspecified atom stereocenters. The number of rotatable bonds is 7. The second-order valence-corrected chi connectivity index (χ2v) is 13.3. The maximum absolute atomic E-state index is 13.5. The van der Waals surface area contributed by atoms with Gasteiger partial charge in [-0.2, -0.15) is 4.31 Å². The number of nitrogens with zero attached hydrogens (tertiary/aromatic N) is 3. The molecule has 5 aliphatic rings. The highest BCUT2D eigenvalue weighted by atomic mass is 32.2. The summed E-state index contributed by atoms with van der Waals surface area (Å²) < 4.78 is 38.9. The second-order valence-electron chi connectivity index (χ2n) is 11.4. The van der Waals surface area contributed by atoms with Gasteiger partial charge in [-0.3, -0.25) is 4.79 Å². The average molecular weight is 527 g/mol. The van der Waals surface area contributed by atoms with Crippen molar-refractivity contribution in [2.75, 3.05) is 26.1 Å². The zero-order valence-electron chi connectivity index (χ0n) is 21.4. The van der Waals surface area contributed by atoms with Crippen molar-refractivity contribution in [3.63, 3.8) is 0 Å². The highest BCUT2D eigenvalue weighted by molar-refractivity contribution is 7.89. The topological polar surface area (TPSA) is 111 Å². The second kappa shape index (κ2) is 9.23. The van der Waals surface area contributed by atoms with Crippen molar-refractivity contribution in [1.82, 2.24) is 14.3 Å². The third kappa shape index (κ3) is 4.48. The van der Waals surface area contributed by atoms with E-state index < -0.39 is 10.0 Å². The number of benzene rings is 1. The predicted molar refractivity (Wildman–Crippen MR) is 137 cm³/mol. The minimum Gasteiger partial charge on any atom is -0.497 e. The minimum atomic E-state index is -3.83. The lowest BCUT2D eigenvalue weighted by Crippen LogP contribution is -2.47. The van der Waals surface area contributed by atoms with Gasteiger partial charge in [-0.15, -0.1) is 0 Å². The molecule has 4 bridgehead atoms. The smallest absolute Gasteiger partial charge is 0.247 e. The lowest BCUT2D eigenvalue weighted by molar-refractivity contribution is -0.124. The van der Waals surface area contributed by atoms with Gasteiger partial charge in [0.1, 0.15) is 28.5 Å². The molecule has 2 aromatic rings. The number of fused-ring (bicyclic) bond motifs is 1. The van der Waals surface area contributed by atoms with Gasteiger partial charge in [-0.1, -0.05) is 0 Å². The standard InChI is InChI=1S/C27H34N4O5S/c1-35-20-3-4-24(23(10-20)36-2)37(33,34)31-6-5-21-22(15-31)28-16-29-26(21)30-25(32)14-27-11-17-7-18(12-27)9-19(8-17)13-27/h3-4,10,16-19H,5-9,11-15H2,1-2H3,(H,28,29,30,32). The first-order valence-corrected chi connectivity index (χ1v) is 14.6. The Labute approximate surface area is 218 Å². The van der Waals surface area contributed by atoms with Gasteiger partial charge in [0.15, 0.2) is 0 Å². The number of hydrogen-bond donors (Lipinski definition) is 1. The van der Waals surface area contributed by atoms with E-state index in [0.717, 1.165) is 23.3 Å². The maximum Gasteiger partial charge on any atom is 0.247 e. The van der Waals surface area contributed by atoms with Gasteiger partial charge in [0.2, 0.25) is 15.9 Å². The van der Waals surface area contributed by atoms with Crippen LogP contribution in [0.15, 0.2) is 29.4 Å². The molecule has 2 heterocycles. The average Bonchev–Trinajstić information content (AvgIpc) is 2.87.